The Morgan fingerprint density at radius 1 is 0.293 bits per heavy atom. The number of benzene rings is 6. The van der Waals surface area contributed by atoms with Gasteiger partial charge in [0.15, 0.2) is 22.3 Å². The topological polar surface area (TPSA) is 82.1 Å². The lowest BCUT2D eigenvalue weighted by Crippen LogP contribution is -1.87. The zero-order valence-corrected chi connectivity index (χ0v) is 61.7. The maximum Gasteiger partial charge on any atom is 0.196 e. The smallest absolute Gasteiger partial charge is 0.196 e. The third-order valence-electron chi connectivity index (χ3n) is 19.5. The summed E-state index contributed by atoms with van der Waals surface area (Å²) in [5.41, 5.74) is 24.7. The second-order valence-electron chi connectivity index (χ2n) is 25.2. The van der Waals surface area contributed by atoms with Crippen molar-refractivity contribution in [2.24, 2.45) is 42.3 Å². The molecule has 24 rings (SSSR count). The van der Waals surface area contributed by atoms with Crippen LogP contribution >= 0.6 is 90.7 Å². The molecule has 18 heterocycles. The molecule has 0 atom stereocenters. The van der Waals surface area contributed by atoms with Gasteiger partial charge in [-0.25, -0.2) is 0 Å². The van der Waals surface area contributed by atoms with Crippen LogP contribution in [-0.4, -0.2) is 27.4 Å². The van der Waals surface area contributed by atoms with E-state index in [0.717, 1.165) is 66.3 Å². The summed E-state index contributed by atoms with van der Waals surface area (Å²) in [7, 11) is 12.8. The van der Waals surface area contributed by atoms with Gasteiger partial charge in [0.1, 0.15) is 11.2 Å². The summed E-state index contributed by atoms with van der Waals surface area (Å²) in [6.45, 7) is 6.61. The number of aromatic nitrogens is 6. The fourth-order valence-electron chi connectivity index (χ4n) is 15.1. The Balaban J connectivity index is 0.0000000843. The van der Waals surface area contributed by atoms with Crippen LogP contribution in [0, 0.1) is 20.8 Å². The van der Waals surface area contributed by atoms with Gasteiger partial charge >= 0.3 is 0 Å². The van der Waals surface area contributed by atoms with Crippen LogP contribution in [0.1, 0.15) is 16.7 Å². The van der Waals surface area contributed by atoms with Gasteiger partial charge < -0.3 is 45.1 Å². The largest absolute Gasteiger partial charge is 0.459 e. The van der Waals surface area contributed by atoms with E-state index in [0.29, 0.717) is 0 Å². The third kappa shape index (κ3) is 9.16. The molecule has 0 aliphatic rings. The fourth-order valence-corrected chi connectivity index (χ4v) is 24.6. The molecule has 0 radical (unpaired) electrons. The second-order valence-corrected chi connectivity index (χ2v) is 33.1. The molecule has 0 N–H and O–H groups in total. The van der Waals surface area contributed by atoms with Gasteiger partial charge in [0.05, 0.1) is 116 Å². The number of hydrogen-bond acceptors (Lipinski definition) is 12. The number of thiophene rings is 8. The third-order valence-corrected chi connectivity index (χ3v) is 28.6. The van der Waals surface area contributed by atoms with E-state index < -0.39 is 0 Å². The van der Waals surface area contributed by atoms with E-state index in [1.54, 1.807) is 12.5 Å². The number of hydrogen-bond donors (Lipinski definition) is 0. The van der Waals surface area contributed by atoms with Gasteiger partial charge in [-0.2, -0.15) is 0 Å². The molecule has 0 amide bonds. The zero-order valence-electron chi connectivity index (χ0n) is 55.1. The molecule has 99 heavy (non-hydrogen) atoms. The predicted octanol–water partition coefficient (Wildman–Crippen LogP) is 26.7. The van der Waals surface area contributed by atoms with Gasteiger partial charge in [-0.05, 0) is 126 Å². The van der Waals surface area contributed by atoms with Crippen LogP contribution in [0.4, 0.5) is 0 Å². The van der Waals surface area contributed by atoms with Crippen LogP contribution in [0.2, 0.25) is 0 Å². The molecular formula is C81H60N6O4S8. The molecule has 0 aliphatic carbocycles. The molecule has 18 aromatic heterocycles. The van der Waals surface area contributed by atoms with Crippen molar-refractivity contribution in [3.05, 3.63) is 215 Å². The van der Waals surface area contributed by atoms with Gasteiger partial charge in [0.25, 0.3) is 0 Å². The molecule has 486 valence electrons. The molecule has 0 bridgehead atoms. The van der Waals surface area contributed by atoms with Crippen LogP contribution in [0.3, 0.4) is 0 Å². The van der Waals surface area contributed by atoms with Crippen molar-refractivity contribution >= 4 is 279 Å². The zero-order chi connectivity index (χ0) is 66.8. The van der Waals surface area contributed by atoms with Gasteiger partial charge in [-0.3, -0.25) is 0 Å². The fraction of sp³-hybridized carbons (Fsp3) is 0.111. The predicted molar refractivity (Wildman–Crippen MR) is 434 cm³/mol. The highest BCUT2D eigenvalue weighted by molar-refractivity contribution is 7.34. The van der Waals surface area contributed by atoms with Crippen molar-refractivity contribution in [2.75, 3.05) is 0 Å². The van der Waals surface area contributed by atoms with E-state index in [4.69, 9.17) is 17.7 Å². The minimum atomic E-state index is 0.831. The Morgan fingerprint density at radius 3 is 1.18 bits per heavy atom. The first-order valence-electron chi connectivity index (χ1n) is 32.4. The van der Waals surface area contributed by atoms with Crippen LogP contribution in [-0.2, 0) is 42.3 Å². The molecule has 0 saturated heterocycles. The number of aryl methyl sites for hydroxylation is 9. The lowest BCUT2D eigenvalue weighted by molar-refractivity contribution is 0.583. The minimum absolute atomic E-state index is 0.831. The molecule has 0 saturated carbocycles. The highest BCUT2D eigenvalue weighted by atomic mass is 32.1. The minimum Gasteiger partial charge on any atom is -0.459 e. The Bertz CT molecular complexity index is 6720. The number of nitrogens with zero attached hydrogens (tertiary/aromatic N) is 6. The highest BCUT2D eigenvalue weighted by Gasteiger charge is 2.24. The first-order chi connectivity index (χ1) is 48.4. The van der Waals surface area contributed by atoms with E-state index in [1.165, 1.54) is 139 Å². The number of rotatable bonds is 0. The number of para-hydroxylation sites is 2. The lowest BCUT2D eigenvalue weighted by Gasteiger charge is -2.02. The number of furan rings is 4. The van der Waals surface area contributed by atoms with Crippen molar-refractivity contribution in [3.8, 4) is 0 Å². The summed E-state index contributed by atoms with van der Waals surface area (Å²) < 4.78 is 53.2. The SMILES string of the molecule is Cc1cc(C)c2c(c1)sc1c3sc4ccccc4c3n(C)c12.Cc1csc2c3sccc3n(C)c12.Cn1c2c3ccccc3oc2c2oc3ccccc3c21.Cn1c2c3ccccc3sc2c2sc3ccccc3c21.Cn1c2ccoc2c2occc21.Cn1c2ccsc2c2sccc21. The molecule has 10 nitrogen and oxygen atoms in total. The van der Waals surface area contributed by atoms with E-state index in [9.17, 15) is 0 Å². The molecule has 6 aromatic carbocycles. The van der Waals surface area contributed by atoms with Crippen LogP contribution in [0.15, 0.2) is 216 Å². The molecule has 0 spiro atoms. The Kier molecular flexibility index (Phi) is 14.2. The summed E-state index contributed by atoms with van der Waals surface area (Å²) in [5, 5.41) is 16.5. The molecular weight excluding hydrogens is 1380 g/mol. The molecule has 24 aromatic rings. The summed E-state index contributed by atoms with van der Waals surface area (Å²) >= 11 is 15.1. The van der Waals surface area contributed by atoms with Crippen LogP contribution < -0.4 is 0 Å². The monoisotopic (exact) mass is 1440 g/mol. The van der Waals surface area contributed by atoms with E-state index in [-0.39, 0.29) is 0 Å². The molecule has 0 fully saturated rings. The molecule has 18 heteroatoms. The van der Waals surface area contributed by atoms with E-state index >= 15 is 0 Å². The van der Waals surface area contributed by atoms with Crippen LogP contribution in [0.5, 0.6) is 0 Å². The van der Waals surface area contributed by atoms with Crippen molar-refractivity contribution < 1.29 is 17.7 Å². The standard InChI is InChI=1S/C19H15NS2.C17H11NO2.C17H11NS2.C10H9NS2.C9H7NO2.C9H7NS2/c1-10-8-11(2)15-14(9-10)22-19-17(15)20(3)16-12-6-4-5-7-13(12)21-18(16)19;2*1-18-14-10-6-2-4-8-12(10)19-16(14)17-15(18)11-7-3-5-9-13(11)20-17;1-6-5-13-10-8(6)11(2)7-3-4-12-9(7)10;2*1-10-6-2-4-11-8(6)9-7(10)3-5-12-9/h4-9H,1-3H3;2*2-9H,1H3;3-5H,1-2H3;2*2-5H,1H3. The average Bonchev–Trinajstić information content (AvgIpc) is 1.57. The summed E-state index contributed by atoms with van der Waals surface area (Å²) in [4.78, 5) is 0. The summed E-state index contributed by atoms with van der Waals surface area (Å²) in [5.74, 6) is 0. The highest BCUT2D eigenvalue weighted by Crippen LogP contribution is 2.49. The Hall–Kier alpha value is -9.60. The van der Waals surface area contributed by atoms with Gasteiger partial charge in [0.2, 0.25) is 0 Å². The maximum atomic E-state index is 6.00. The van der Waals surface area contributed by atoms with Gasteiger partial charge in [0, 0.05) is 106 Å². The van der Waals surface area contributed by atoms with Crippen molar-refractivity contribution in [2.45, 2.75) is 20.8 Å². The first kappa shape index (κ1) is 60.6. The Morgan fingerprint density at radius 2 is 0.687 bits per heavy atom. The van der Waals surface area contributed by atoms with Crippen molar-refractivity contribution in [3.63, 3.8) is 0 Å². The van der Waals surface area contributed by atoms with Crippen molar-refractivity contribution in [1.29, 1.82) is 0 Å². The number of fused-ring (bicyclic) bond motifs is 30. The Labute approximate surface area is 596 Å². The summed E-state index contributed by atoms with van der Waals surface area (Å²) in [6, 6.07) is 57.4. The lowest BCUT2D eigenvalue weighted by atomic mass is 10.1. The van der Waals surface area contributed by atoms with E-state index in [2.05, 4.69) is 220 Å². The quantitative estimate of drug-likeness (QED) is 0.151. The maximum absolute atomic E-state index is 6.00. The first-order valence-corrected chi connectivity index (χ1v) is 39.2. The van der Waals surface area contributed by atoms with Crippen molar-refractivity contribution in [1.82, 2.24) is 27.4 Å². The molecule has 0 unspecified atom stereocenters. The average molecular weight is 1440 g/mol. The van der Waals surface area contributed by atoms with E-state index in [1.807, 2.05) is 146 Å². The molecule has 0 aliphatic heterocycles. The van der Waals surface area contributed by atoms with Crippen LogP contribution in [0.25, 0.3) is 188 Å². The van der Waals surface area contributed by atoms with Gasteiger partial charge in [-0.15, -0.1) is 90.7 Å². The van der Waals surface area contributed by atoms with Gasteiger partial charge in [-0.1, -0.05) is 84.9 Å². The summed E-state index contributed by atoms with van der Waals surface area (Å²) in [6.07, 6.45) is 3.35. The normalized spacial score (nSPS) is 12.1. The second kappa shape index (κ2) is 23.3.